The van der Waals surface area contributed by atoms with E-state index in [9.17, 15) is 8.42 Å². The van der Waals surface area contributed by atoms with Crippen LogP contribution in [0.25, 0.3) is 0 Å². The molecule has 1 fully saturated rings. The molecular weight excluding hydrogens is 312 g/mol. The molecule has 5 nitrogen and oxygen atoms in total. The number of benzene rings is 1. The third kappa shape index (κ3) is 4.95. The minimum atomic E-state index is -3.02. The first-order chi connectivity index (χ1) is 10.9. The minimum absolute atomic E-state index is 0.0628. The number of nitrogens with zero attached hydrogens (tertiary/aromatic N) is 2. The summed E-state index contributed by atoms with van der Waals surface area (Å²) in [4.78, 5) is 2.10. The molecule has 6 heteroatoms. The third-order valence-corrected chi connectivity index (χ3v) is 6.11. The topological polar surface area (TPSA) is 70.4 Å². The Bertz CT molecular complexity index is 667. The van der Waals surface area contributed by atoms with Gasteiger partial charge in [-0.1, -0.05) is 18.9 Å². The molecule has 2 rings (SSSR count). The number of sulfone groups is 1. The molecule has 0 saturated heterocycles. The van der Waals surface area contributed by atoms with Crippen LogP contribution >= 0.6 is 0 Å². The Balaban J connectivity index is 1.90. The summed E-state index contributed by atoms with van der Waals surface area (Å²) in [6.45, 7) is 1.13. The van der Waals surface area contributed by atoms with Gasteiger partial charge in [0, 0.05) is 18.8 Å². The molecule has 0 bridgehead atoms. The van der Waals surface area contributed by atoms with Gasteiger partial charge >= 0.3 is 0 Å². The minimum Gasteiger partial charge on any atom is -0.492 e. The average molecular weight is 336 g/mol. The number of rotatable bonds is 6. The maximum absolute atomic E-state index is 12.0. The van der Waals surface area contributed by atoms with Gasteiger partial charge in [0.05, 0.1) is 16.9 Å². The summed E-state index contributed by atoms with van der Waals surface area (Å²) in [6.07, 6.45) is 5.07. The summed E-state index contributed by atoms with van der Waals surface area (Å²) in [5.74, 6) is 0.667. The third-order valence-electron chi connectivity index (χ3n) is 4.46. The van der Waals surface area contributed by atoms with Gasteiger partial charge in [-0.3, -0.25) is 4.90 Å². The zero-order valence-electron chi connectivity index (χ0n) is 13.7. The van der Waals surface area contributed by atoms with Crippen LogP contribution in [-0.2, 0) is 9.84 Å². The van der Waals surface area contributed by atoms with Crippen LogP contribution in [0.4, 0.5) is 0 Å². The summed E-state index contributed by atoms with van der Waals surface area (Å²) in [5.41, 5.74) is 0.570. The van der Waals surface area contributed by atoms with E-state index in [0.29, 0.717) is 24.5 Å². The van der Waals surface area contributed by atoms with Crippen molar-refractivity contribution in [2.24, 2.45) is 0 Å². The zero-order chi connectivity index (χ0) is 16.9. The van der Waals surface area contributed by atoms with Crippen LogP contribution in [0, 0.1) is 11.3 Å². The van der Waals surface area contributed by atoms with Gasteiger partial charge < -0.3 is 4.74 Å². The second-order valence-corrected chi connectivity index (χ2v) is 8.45. The van der Waals surface area contributed by atoms with Gasteiger partial charge in [-0.05, 0) is 38.1 Å². The maximum Gasteiger partial charge on any atom is 0.151 e. The lowest BCUT2D eigenvalue weighted by atomic mass is 9.94. The normalized spacial score (nSPS) is 21.8. The van der Waals surface area contributed by atoms with Crippen LogP contribution in [0.1, 0.15) is 31.2 Å². The van der Waals surface area contributed by atoms with Crippen LogP contribution in [-0.4, -0.2) is 51.1 Å². The molecule has 126 valence electrons. The van der Waals surface area contributed by atoms with E-state index in [2.05, 4.69) is 11.0 Å². The molecular formula is C17H24N2O3S. The van der Waals surface area contributed by atoms with E-state index >= 15 is 0 Å². The second-order valence-electron chi connectivity index (χ2n) is 6.19. The second kappa shape index (κ2) is 7.80. The van der Waals surface area contributed by atoms with Crippen molar-refractivity contribution in [3.63, 3.8) is 0 Å². The van der Waals surface area contributed by atoms with Crippen molar-refractivity contribution in [3.05, 3.63) is 29.8 Å². The van der Waals surface area contributed by atoms with Crippen molar-refractivity contribution < 1.29 is 13.2 Å². The van der Waals surface area contributed by atoms with E-state index in [1.54, 1.807) is 18.2 Å². The van der Waals surface area contributed by atoms with Crippen LogP contribution in [0.15, 0.2) is 24.3 Å². The number of hydrogen-bond acceptors (Lipinski definition) is 5. The van der Waals surface area contributed by atoms with Crippen molar-refractivity contribution in [1.29, 1.82) is 5.26 Å². The molecule has 0 amide bonds. The molecule has 1 aliphatic carbocycles. The Morgan fingerprint density at radius 2 is 2.09 bits per heavy atom. The molecule has 0 N–H and O–H groups in total. The molecule has 1 aromatic rings. The first kappa shape index (κ1) is 17.8. The standard InChI is InChI=1S/C17H24N2O3S/c1-19(16-8-3-4-9-17(16)23(2,20)21)10-11-22-15-7-5-6-14(12-15)13-18/h5-7,12,16-17H,3-4,8-11H2,1-2H3/t16-,17-/m0/s1. The average Bonchev–Trinajstić information content (AvgIpc) is 2.54. The lowest BCUT2D eigenvalue weighted by Gasteiger charge is -2.36. The highest BCUT2D eigenvalue weighted by Gasteiger charge is 2.34. The van der Waals surface area contributed by atoms with Gasteiger partial charge in [-0.15, -0.1) is 0 Å². The smallest absolute Gasteiger partial charge is 0.151 e. The van der Waals surface area contributed by atoms with E-state index < -0.39 is 9.84 Å². The maximum atomic E-state index is 12.0. The van der Waals surface area contributed by atoms with E-state index in [1.807, 2.05) is 13.1 Å². The Morgan fingerprint density at radius 1 is 1.35 bits per heavy atom. The molecule has 0 heterocycles. The highest BCUT2D eigenvalue weighted by molar-refractivity contribution is 7.91. The van der Waals surface area contributed by atoms with Crippen molar-refractivity contribution >= 4 is 9.84 Å². The first-order valence-electron chi connectivity index (χ1n) is 7.94. The molecule has 1 aromatic carbocycles. The van der Waals surface area contributed by atoms with Gasteiger partial charge in [0.2, 0.25) is 0 Å². The molecule has 0 unspecified atom stereocenters. The van der Waals surface area contributed by atoms with Crippen molar-refractivity contribution in [3.8, 4) is 11.8 Å². The summed E-state index contributed by atoms with van der Waals surface area (Å²) >= 11 is 0. The largest absolute Gasteiger partial charge is 0.492 e. The van der Waals surface area contributed by atoms with E-state index in [0.717, 1.165) is 25.7 Å². The first-order valence-corrected chi connectivity index (χ1v) is 9.89. The highest BCUT2D eigenvalue weighted by Crippen LogP contribution is 2.27. The lowest BCUT2D eigenvalue weighted by molar-refractivity contribution is 0.162. The molecule has 2 atom stereocenters. The Kier molecular flexibility index (Phi) is 6.03. The van der Waals surface area contributed by atoms with Crippen molar-refractivity contribution in [1.82, 2.24) is 4.90 Å². The SMILES string of the molecule is CN(CCOc1cccc(C#N)c1)[C@H]1CCCC[C@@H]1S(C)(=O)=O. The predicted octanol–water partition coefficient (Wildman–Crippen LogP) is 2.22. The number of likely N-dealkylation sites (N-methyl/N-ethyl adjacent to an activating group) is 1. The van der Waals surface area contributed by atoms with Gasteiger partial charge in [0.1, 0.15) is 12.4 Å². The van der Waals surface area contributed by atoms with E-state index in [-0.39, 0.29) is 11.3 Å². The summed E-state index contributed by atoms with van der Waals surface area (Å²) in [5, 5.41) is 8.61. The van der Waals surface area contributed by atoms with Gasteiger partial charge in [0.15, 0.2) is 9.84 Å². The number of nitriles is 1. The molecule has 0 aromatic heterocycles. The number of ether oxygens (including phenoxy) is 1. The molecule has 23 heavy (non-hydrogen) atoms. The van der Waals surface area contributed by atoms with E-state index in [1.165, 1.54) is 6.26 Å². The molecule has 0 radical (unpaired) electrons. The summed E-state index contributed by atoms with van der Waals surface area (Å²) < 4.78 is 29.6. The summed E-state index contributed by atoms with van der Waals surface area (Å²) in [6, 6.07) is 9.20. The molecule has 1 aliphatic rings. The van der Waals surface area contributed by atoms with Crippen LogP contribution in [0.5, 0.6) is 5.75 Å². The van der Waals surface area contributed by atoms with Crippen molar-refractivity contribution in [2.45, 2.75) is 37.0 Å². The Morgan fingerprint density at radius 3 is 2.78 bits per heavy atom. The van der Waals surface area contributed by atoms with Gasteiger partial charge in [-0.2, -0.15) is 5.26 Å². The predicted molar refractivity (Wildman–Crippen MR) is 90.2 cm³/mol. The molecule has 0 spiro atoms. The molecule has 1 saturated carbocycles. The van der Waals surface area contributed by atoms with Gasteiger partial charge in [-0.25, -0.2) is 8.42 Å². The van der Waals surface area contributed by atoms with E-state index in [4.69, 9.17) is 10.00 Å². The Labute approximate surface area is 138 Å². The van der Waals surface area contributed by atoms with Crippen LogP contribution in [0.3, 0.4) is 0 Å². The fourth-order valence-corrected chi connectivity index (χ4v) is 4.72. The van der Waals surface area contributed by atoms with Crippen LogP contribution < -0.4 is 4.74 Å². The highest BCUT2D eigenvalue weighted by atomic mass is 32.2. The monoisotopic (exact) mass is 336 g/mol. The van der Waals surface area contributed by atoms with Crippen molar-refractivity contribution in [2.75, 3.05) is 26.5 Å². The lowest BCUT2D eigenvalue weighted by Crippen LogP contribution is -2.48. The zero-order valence-corrected chi connectivity index (χ0v) is 14.6. The van der Waals surface area contributed by atoms with Crippen LogP contribution in [0.2, 0.25) is 0 Å². The van der Waals surface area contributed by atoms with Gasteiger partial charge in [0.25, 0.3) is 0 Å². The fourth-order valence-electron chi connectivity index (χ4n) is 3.21. The molecule has 0 aliphatic heterocycles. The Hall–Kier alpha value is -1.58. The fraction of sp³-hybridized carbons (Fsp3) is 0.588. The number of hydrogen-bond donors (Lipinski definition) is 0. The summed E-state index contributed by atoms with van der Waals surface area (Å²) in [7, 11) is -1.06. The quantitative estimate of drug-likeness (QED) is 0.796.